The number of carbonyl (C=O) groups is 2. The van der Waals surface area contributed by atoms with Crippen LogP contribution in [0.25, 0.3) is 6.08 Å². The first-order valence-corrected chi connectivity index (χ1v) is 10.2. The zero-order valence-corrected chi connectivity index (χ0v) is 17.5. The second-order valence-corrected chi connectivity index (χ2v) is 8.14. The molecule has 1 fully saturated rings. The maximum atomic E-state index is 12.6. The Kier molecular flexibility index (Phi) is 8.31. The van der Waals surface area contributed by atoms with Gasteiger partial charge in [-0.1, -0.05) is 42.5 Å². The average Bonchev–Trinajstić information content (AvgIpc) is 2.88. The number of methoxy groups -OCH3 is 1. The van der Waals surface area contributed by atoms with E-state index in [9.17, 15) is 9.59 Å². The largest absolute Gasteiger partial charge is 0.491 e. The minimum absolute atomic E-state index is 0.0619. The van der Waals surface area contributed by atoms with Crippen LogP contribution in [0.2, 0.25) is 0 Å². The first-order chi connectivity index (χ1) is 12.9. The van der Waals surface area contributed by atoms with Crippen molar-refractivity contribution >= 4 is 46.3 Å². The Morgan fingerprint density at radius 2 is 2.07 bits per heavy atom. The molecule has 0 N–H and O–H groups in total. The SMILES string of the molecule is COC(=O)CCCCCN1C(=O)/C(=C\c2cccc(OC(C)C)c2)SC1=S. The summed E-state index contributed by atoms with van der Waals surface area (Å²) in [6, 6.07) is 7.66. The molecule has 0 atom stereocenters. The molecule has 2 rings (SSSR count). The predicted octanol–water partition coefficient (Wildman–Crippen LogP) is 4.41. The molecule has 0 aliphatic carbocycles. The number of rotatable bonds is 9. The van der Waals surface area contributed by atoms with E-state index in [1.807, 2.05) is 44.2 Å². The maximum absolute atomic E-state index is 12.6. The molecule has 7 heteroatoms. The number of hydrogen-bond donors (Lipinski definition) is 0. The van der Waals surface area contributed by atoms with Crippen molar-refractivity contribution in [3.05, 3.63) is 34.7 Å². The van der Waals surface area contributed by atoms with Crippen molar-refractivity contribution in [3.8, 4) is 5.75 Å². The fraction of sp³-hybridized carbons (Fsp3) is 0.450. The van der Waals surface area contributed by atoms with Crippen LogP contribution in [-0.4, -0.2) is 40.9 Å². The molecule has 1 aliphatic heterocycles. The molecule has 0 spiro atoms. The van der Waals surface area contributed by atoms with Crippen molar-refractivity contribution in [2.75, 3.05) is 13.7 Å². The lowest BCUT2D eigenvalue weighted by atomic mass is 10.2. The lowest BCUT2D eigenvalue weighted by Crippen LogP contribution is -2.29. The molecule has 1 aromatic carbocycles. The molecule has 27 heavy (non-hydrogen) atoms. The molecular formula is C20H25NO4S2. The molecule has 0 radical (unpaired) electrons. The molecule has 146 valence electrons. The van der Waals surface area contributed by atoms with Crippen LogP contribution in [0.1, 0.15) is 45.1 Å². The highest BCUT2D eigenvalue weighted by Gasteiger charge is 2.31. The van der Waals surface area contributed by atoms with Gasteiger partial charge in [0.1, 0.15) is 10.1 Å². The molecule has 0 unspecified atom stereocenters. The average molecular weight is 408 g/mol. The van der Waals surface area contributed by atoms with Gasteiger partial charge in [-0.3, -0.25) is 14.5 Å². The fourth-order valence-electron chi connectivity index (χ4n) is 2.61. The zero-order chi connectivity index (χ0) is 19.8. The van der Waals surface area contributed by atoms with E-state index in [4.69, 9.17) is 17.0 Å². The van der Waals surface area contributed by atoms with Gasteiger partial charge in [0.2, 0.25) is 0 Å². The van der Waals surface area contributed by atoms with Crippen LogP contribution in [0.4, 0.5) is 0 Å². The van der Waals surface area contributed by atoms with Gasteiger partial charge >= 0.3 is 5.97 Å². The highest BCUT2D eigenvalue weighted by Crippen LogP contribution is 2.33. The highest BCUT2D eigenvalue weighted by atomic mass is 32.2. The Morgan fingerprint density at radius 1 is 1.30 bits per heavy atom. The summed E-state index contributed by atoms with van der Waals surface area (Å²) in [6.07, 6.45) is 4.75. The van der Waals surface area contributed by atoms with Gasteiger partial charge in [0, 0.05) is 13.0 Å². The lowest BCUT2D eigenvalue weighted by Gasteiger charge is -2.14. The molecule has 1 aromatic rings. The van der Waals surface area contributed by atoms with Crippen LogP contribution in [0.15, 0.2) is 29.2 Å². The summed E-state index contributed by atoms with van der Waals surface area (Å²) in [4.78, 5) is 26.0. The van der Waals surface area contributed by atoms with Gasteiger partial charge in [-0.25, -0.2) is 0 Å². The van der Waals surface area contributed by atoms with Crippen molar-refractivity contribution in [2.24, 2.45) is 0 Å². The van der Waals surface area contributed by atoms with Crippen molar-refractivity contribution in [1.82, 2.24) is 4.90 Å². The first-order valence-electron chi connectivity index (χ1n) is 8.99. The summed E-state index contributed by atoms with van der Waals surface area (Å²) in [5.41, 5.74) is 0.909. The molecule has 1 amide bonds. The molecular weight excluding hydrogens is 382 g/mol. The molecule has 1 aliphatic rings. The third-order valence-corrected chi connectivity index (χ3v) is 5.27. The number of nitrogens with zero attached hydrogens (tertiary/aromatic N) is 1. The van der Waals surface area contributed by atoms with E-state index in [0.29, 0.717) is 22.2 Å². The zero-order valence-electron chi connectivity index (χ0n) is 15.9. The maximum Gasteiger partial charge on any atom is 0.305 e. The van der Waals surface area contributed by atoms with Crippen LogP contribution in [-0.2, 0) is 14.3 Å². The molecule has 0 saturated carbocycles. The number of amides is 1. The first kappa shape index (κ1) is 21.4. The number of benzene rings is 1. The Hall–Kier alpha value is -1.86. The summed E-state index contributed by atoms with van der Waals surface area (Å²) in [6.45, 7) is 4.52. The molecule has 0 bridgehead atoms. The van der Waals surface area contributed by atoms with E-state index in [2.05, 4.69) is 4.74 Å². The fourth-order valence-corrected chi connectivity index (χ4v) is 3.92. The number of carbonyl (C=O) groups excluding carboxylic acids is 2. The minimum Gasteiger partial charge on any atom is -0.491 e. The molecule has 5 nitrogen and oxygen atoms in total. The second-order valence-electron chi connectivity index (χ2n) is 6.46. The summed E-state index contributed by atoms with van der Waals surface area (Å²) >= 11 is 6.68. The van der Waals surface area contributed by atoms with Crippen molar-refractivity contribution < 1.29 is 19.1 Å². The highest BCUT2D eigenvalue weighted by molar-refractivity contribution is 8.26. The van der Waals surface area contributed by atoms with Gasteiger partial charge in [0.15, 0.2) is 0 Å². The summed E-state index contributed by atoms with van der Waals surface area (Å²) in [7, 11) is 1.39. The van der Waals surface area contributed by atoms with Crippen molar-refractivity contribution in [2.45, 2.75) is 45.6 Å². The van der Waals surface area contributed by atoms with Gasteiger partial charge < -0.3 is 9.47 Å². The van der Waals surface area contributed by atoms with Crippen LogP contribution in [0, 0.1) is 0 Å². The Bertz CT molecular complexity index is 730. The van der Waals surface area contributed by atoms with E-state index in [1.54, 1.807) is 4.90 Å². The van der Waals surface area contributed by atoms with E-state index in [-0.39, 0.29) is 18.0 Å². The number of ether oxygens (including phenoxy) is 2. The van der Waals surface area contributed by atoms with E-state index >= 15 is 0 Å². The molecule has 1 saturated heterocycles. The van der Waals surface area contributed by atoms with Gasteiger partial charge in [-0.15, -0.1) is 0 Å². The van der Waals surface area contributed by atoms with E-state index in [0.717, 1.165) is 30.6 Å². The smallest absolute Gasteiger partial charge is 0.305 e. The van der Waals surface area contributed by atoms with Crippen LogP contribution >= 0.6 is 24.0 Å². The van der Waals surface area contributed by atoms with Gasteiger partial charge in [0.05, 0.1) is 18.1 Å². The third-order valence-electron chi connectivity index (χ3n) is 3.89. The standard InChI is InChI=1S/C20H25NO4S2/c1-14(2)25-16-9-7-8-15(12-16)13-17-19(23)21(20(26)27-17)11-6-4-5-10-18(22)24-3/h7-9,12-14H,4-6,10-11H2,1-3H3/b17-13+. The van der Waals surface area contributed by atoms with Crippen LogP contribution < -0.4 is 4.74 Å². The molecule has 1 heterocycles. The quantitative estimate of drug-likeness (QED) is 0.262. The Morgan fingerprint density at radius 3 is 2.78 bits per heavy atom. The van der Waals surface area contributed by atoms with Crippen LogP contribution in [0.3, 0.4) is 0 Å². The summed E-state index contributed by atoms with van der Waals surface area (Å²) in [5, 5.41) is 0. The number of thiocarbonyl (C=S) groups is 1. The summed E-state index contributed by atoms with van der Waals surface area (Å²) < 4.78 is 10.9. The Balaban J connectivity index is 1.93. The summed E-state index contributed by atoms with van der Waals surface area (Å²) in [5.74, 6) is 0.514. The minimum atomic E-state index is -0.202. The third kappa shape index (κ3) is 6.66. The van der Waals surface area contributed by atoms with Gasteiger partial charge in [-0.05, 0) is 50.5 Å². The number of esters is 1. The monoisotopic (exact) mass is 407 g/mol. The van der Waals surface area contributed by atoms with Crippen molar-refractivity contribution in [1.29, 1.82) is 0 Å². The molecule has 0 aromatic heterocycles. The number of hydrogen-bond acceptors (Lipinski definition) is 6. The number of thioether (sulfide) groups is 1. The van der Waals surface area contributed by atoms with E-state index in [1.165, 1.54) is 18.9 Å². The van der Waals surface area contributed by atoms with Crippen molar-refractivity contribution in [3.63, 3.8) is 0 Å². The van der Waals surface area contributed by atoms with Gasteiger partial charge in [0.25, 0.3) is 5.91 Å². The van der Waals surface area contributed by atoms with Crippen LogP contribution in [0.5, 0.6) is 5.75 Å². The van der Waals surface area contributed by atoms with Gasteiger partial charge in [-0.2, -0.15) is 0 Å². The van der Waals surface area contributed by atoms with E-state index < -0.39 is 0 Å². The number of unbranched alkanes of at least 4 members (excludes halogenated alkanes) is 2. The normalized spacial score (nSPS) is 15.7. The Labute approximate surface area is 170 Å². The predicted molar refractivity (Wildman–Crippen MR) is 113 cm³/mol. The topological polar surface area (TPSA) is 55.8 Å². The second kappa shape index (κ2) is 10.5. The lowest BCUT2D eigenvalue weighted by molar-refractivity contribution is -0.140.